The molecule has 0 aliphatic carbocycles. The third-order valence-corrected chi connectivity index (χ3v) is 2.82. The Kier molecular flexibility index (Phi) is 4.36. The number of benzene rings is 1. The van der Waals surface area contributed by atoms with Crippen molar-refractivity contribution in [2.45, 2.75) is 6.61 Å². The molecular weight excluding hydrogens is 295 g/mol. The first-order valence-electron chi connectivity index (χ1n) is 5.13. The first-order chi connectivity index (χ1) is 9.06. The fourth-order valence-electron chi connectivity index (χ4n) is 1.28. The molecule has 1 heterocycles. The summed E-state index contributed by atoms with van der Waals surface area (Å²) in [7, 11) is 0. The summed E-state index contributed by atoms with van der Waals surface area (Å²) < 4.78 is 10.1. The summed E-state index contributed by atoms with van der Waals surface area (Å²) in [6.45, 7) is -0.495. The molecule has 0 saturated carbocycles. The van der Waals surface area contributed by atoms with Crippen molar-refractivity contribution in [3.8, 4) is 11.5 Å². The summed E-state index contributed by atoms with van der Waals surface area (Å²) in [5.41, 5.74) is 0.617. The second-order valence-electron chi connectivity index (χ2n) is 3.52. The van der Waals surface area contributed by atoms with Gasteiger partial charge >= 0.3 is 5.97 Å². The lowest BCUT2D eigenvalue weighted by Gasteiger charge is -1.98. The number of aromatic nitrogens is 2. The van der Waals surface area contributed by atoms with E-state index in [0.717, 1.165) is 0 Å². The Labute approximate surface area is 117 Å². The zero-order valence-electron chi connectivity index (χ0n) is 9.47. The van der Waals surface area contributed by atoms with Crippen molar-refractivity contribution in [3.63, 3.8) is 0 Å². The number of rotatable bonds is 5. The number of hydrogen-bond donors (Lipinski definition) is 1. The number of hydrogen-bond acceptors (Lipinski definition) is 5. The van der Waals surface area contributed by atoms with E-state index < -0.39 is 12.6 Å². The van der Waals surface area contributed by atoms with Crippen LogP contribution in [0.2, 0.25) is 10.0 Å². The maximum atomic E-state index is 10.3. The molecule has 1 N–H and O–H groups in total. The van der Waals surface area contributed by atoms with Crippen molar-refractivity contribution in [2.75, 3.05) is 6.61 Å². The Morgan fingerprint density at radius 3 is 2.79 bits per heavy atom. The van der Waals surface area contributed by atoms with Gasteiger partial charge in [-0.3, -0.25) is 0 Å². The summed E-state index contributed by atoms with van der Waals surface area (Å²) in [5.74, 6) is -0.626. The third kappa shape index (κ3) is 3.66. The molecule has 2 rings (SSSR count). The van der Waals surface area contributed by atoms with Gasteiger partial charge in [0.1, 0.15) is 13.2 Å². The fourth-order valence-corrected chi connectivity index (χ4v) is 1.58. The minimum Gasteiger partial charge on any atom is -0.480 e. The fraction of sp³-hybridized carbons (Fsp3) is 0.182. The molecule has 1 aromatic heterocycles. The van der Waals surface area contributed by atoms with E-state index in [0.29, 0.717) is 15.6 Å². The standard InChI is InChI=1S/C11H8Cl2N2O4/c12-7-2-1-6(3-8(7)13)11-15-14-9(19-11)4-18-5-10(16)17/h1-3H,4-5H2,(H,16,17). The summed E-state index contributed by atoms with van der Waals surface area (Å²) in [5, 5.41) is 16.8. The van der Waals surface area contributed by atoms with Crippen LogP contribution in [0, 0.1) is 0 Å². The minimum atomic E-state index is -1.07. The number of carboxylic acid groups (broad SMARTS) is 1. The van der Waals surface area contributed by atoms with E-state index >= 15 is 0 Å². The SMILES string of the molecule is O=C(O)COCc1nnc(-c2ccc(Cl)c(Cl)c2)o1. The average molecular weight is 303 g/mol. The van der Waals surface area contributed by atoms with Crippen molar-refractivity contribution in [2.24, 2.45) is 0 Å². The number of ether oxygens (including phenoxy) is 1. The van der Waals surface area contributed by atoms with E-state index in [-0.39, 0.29) is 18.4 Å². The molecule has 0 atom stereocenters. The predicted octanol–water partition coefficient (Wildman–Crippen LogP) is 2.64. The van der Waals surface area contributed by atoms with E-state index in [2.05, 4.69) is 10.2 Å². The molecule has 0 unspecified atom stereocenters. The highest BCUT2D eigenvalue weighted by atomic mass is 35.5. The quantitative estimate of drug-likeness (QED) is 0.914. The van der Waals surface area contributed by atoms with Crippen LogP contribution in [0.5, 0.6) is 0 Å². The van der Waals surface area contributed by atoms with Gasteiger partial charge in [-0.2, -0.15) is 0 Å². The van der Waals surface area contributed by atoms with Crippen LogP contribution in [0.3, 0.4) is 0 Å². The summed E-state index contributed by atoms with van der Waals surface area (Å²) in [4.78, 5) is 10.3. The molecule has 0 saturated heterocycles. The molecule has 6 nitrogen and oxygen atoms in total. The summed E-state index contributed by atoms with van der Waals surface area (Å²) in [6.07, 6.45) is 0. The highest BCUT2D eigenvalue weighted by molar-refractivity contribution is 6.42. The Morgan fingerprint density at radius 1 is 1.32 bits per heavy atom. The minimum absolute atomic E-state index is 0.0688. The molecule has 1 aromatic carbocycles. The highest BCUT2D eigenvalue weighted by Crippen LogP contribution is 2.27. The van der Waals surface area contributed by atoms with Crippen LogP contribution >= 0.6 is 23.2 Å². The highest BCUT2D eigenvalue weighted by Gasteiger charge is 2.10. The van der Waals surface area contributed by atoms with Gasteiger partial charge in [0.2, 0.25) is 11.8 Å². The maximum Gasteiger partial charge on any atom is 0.329 e. The Bertz CT molecular complexity index is 600. The van der Waals surface area contributed by atoms with E-state index in [9.17, 15) is 4.79 Å². The Balaban J connectivity index is 2.07. The molecule has 0 amide bonds. The van der Waals surface area contributed by atoms with Gasteiger partial charge in [0.05, 0.1) is 10.0 Å². The Morgan fingerprint density at radius 2 is 2.11 bits per heavy atom. The van der Waals surface area contributed by atoms with Gasteiger partial charge in [0, 0.05) is 5.56 Å². The molecule has 0 radical (unpaired) electrons. The number of carboxylic acids is 1. The second-order valence-corrected chi connectivity index (χ2v) is 4.33. The van der Waals surface area contributed by atoms with E-state index in [1.807, 2.05) is 0 Å². The number of halogens is 2. The van der Waals surface area contributed by atoms with Crippen molar-refractivity contribution < 1.29 is 19.1 Å². The molecule has 2 aromatic rings. The molecule has 0 fully saturated rings. The largest absolute Gasteiger partial charge is 0.480 e. The Hall–Kier alpha value is -1.63. The van der Waals surface area contributed by atoms with Gasteiger partial charge in [-0.05, 0) is 18.2 Å². The lowest BCUT2D eigenvalue weighted by Crippen LogP contribution is -2.06. The van der Waals surface area contributed by atoms with Gasteiger partial charge in [-0.1, -0.05) is 23.2 Å². The van der Waals surface area contributed by atoms with Crippen LogP contribution in [-0.4, -0.2) is 27.9 Å². The van der Waals surface area contributed by atoms with Crippen molar-refractivity contribution in [3.05, 3.63) is 34.1 Å². The molecule has 19 heavy (non-hydrogen) atoms. The number of aliphatic carboxylic acids is 1. The van der Waals surface area contributed by atoms with Gasteiger partial charge in [-0.25, -0.2) is 4.79 Å². The smallest absolute Gasteiger partial charge is 0.329 e. The lowest BCUT2D eigenvalue weighted by atomic mass is 10.2. The molecule has 0 aliphatic rings. The topological polar surface area (TPSA) is 85.5 Å². The van der Waals surface area contributed by atoms with Gasteiger partial charge in [-0.15, -0.1) is 10.2 Å². The van der Waals surface area contributed by atoms with E-state index in [4.69, 9.17) is 37.5 Å². The van der Waals surface area contributed by atoms with Crippen molar-refractivity contribution >= 4 is 29.2 Å². The molecular formula is C11H8Cl2N2O4. The maximum absolute atomic E-state index is 10.3. The normalized spacial score (nSPS) is 10.6. The van der Waals surface area contributed by atoms with Crippen LogP contribution in [-0.2, 0) is 16.1 Å². The number of nitrogens with zero attached hydrogens (tertiary/aromatic N) is 2. The summed E-state index contributed by atoms with van der Waals surface area (Å²) >= 11 is 11.7. The first kappa shape index (κ1) is 13.8. The zero-order valence-corrected chi connectivity index (χ0v) is 11.0. The van der Waals surface area contributed by atoms with E-state index in [1.165, 1.54) is 0 Å². The summed E-state index contributed by atoms with van der Waals surface area (Å²) in [6, 6.07) is 4.90. The monoisotopic (exact) mass is 302 g/mol. The van der Waals surface area contributed by atoms with Crippen molar-refractivity contribution in [1.29, 1.82) is 0 Å². The van der Waals surface area contributed by atoms with Crippen molar-refractivity contribution in [1.82, 2.24) is 10.2 Å². The van der Waals surface area contributed by atoms with Gasteiger partial charge in [0.15, 0.2) is 0 Å². The lowest BCUT2D eigenvalue weighted by molar-refractivity contribution is -0.142. The van der Waals surface area contributed by atoms with Crippen LogP contribution in [0.4, 0.5) is 0 Å². The molecule has 0 spiro atoms. The van der Waals surface area contributed by atoms with Crippen LogP contribution < -0.4 is 0 Å². The third-order valence-electron chi connectivity index (χ3n) is 2.08. The van der Waals surface area contributed by atoms with Gasteiger partial charge < -0.3 is 14.3 Å². The van der Waals surface area contributed by atoms with Crippen LogP contribution in [0.25, 0.3) is 11.5 Å². The molecule has 100 valence electrons. The van der Waals surface area contributed by atoms with Crippen LogP contribution in [0.15, 0.2) is 22.6 Å². The molecule has 8 heteroatoms. The first-order valence-corrected chi connectivity index (χ1v) is 5.89. The average Bonchev–Trinajstić information content (AvgIpc) is 2.81. The van der Waals surface area contributed by atoms with Gasteiger partial charge in [0.25, 0.3) is 0 Å². The number of carbonyl (C=O) groups is 1. The predicted molar refractivity (Wildman–Crippen MR) is 67.0 cm³/mol. The molecule has 0 aliphatic heterocycles. The second kappa shape index (κ2) is 6.01. The van der Waals surface area contributed by atoms with Crippen LogP contribution in [0.1, 0.15) is 5.89 Å². The van der Waals surface area contributed by atoms with E-state index in [1.54, 1.807) is 18.2 Å². The zero-order chi connectivity index (χ0) is 13.8. The molecule has 0 bridgehead atoms.